The van der Waals surface area contributed by atoms with Crippen LogP contribution in [0.1, 0.15) is 39.2 Å². The van der Waals surface area contributed by atoms with Gasteiger partial charge in [-0.3, -0.25) is 4.79 Å². The number of amides is 1. The predicted molar refractivity (Wildman–Crippen MR) is 128 cm³/mol. The predicted octanol–water partition coefficient (Wildman–Crippen LogP) is 3.01. The number of hydrogen-bond donors (Lipinski definition) is 1. The van der Waals surface area contributed by atoms with Crippen LogP contribution in [0.4, 0.5) is 4.39 Å². The second kappa shape index (κ2) is 10.7. The molecule has 1 fully saturated rings. The molecule has 1 amide bonds. The SMILES string of the molecule is COC(=O)C1CC(Oc2ccccc2F)CN1C(=O)CCNS(=O)(=O)c1ccc(C(C)(C)C)cc1. The number of rotatable bonds is 8. The number of sulfonamides is 1. The second-order valence-corrected chi connectivity index (χ2v) is 11.2. The van der Waals surface area contributed by atoms with Crippen molar-refractivity contribution >= 4 is 21.9 Å². The van der Waals surface area contributed by atoms with Crippen LogP contribution in [-0.4, -0.2) is 57.5 Å². The number of carbonyl (C=O) groups is 2. The number of benzene rings is 2. The van der Waals surface area contributed by atoms with E-state index in [1.807, 2.05) is 20.8 Å². The quantitative estimate of drug-likeness (QED) is 0.553. The standard InChI is InChI=1S/C25H31FN2O6S/c1-25(2,3)17-9-11-19(12-10-17)35(31,32)27-14-13-23(29)28-16-18(15-21(28)24(30)33-4)34-22-8-6-5-7-20(22)26/h5-12,18,21,27H,13-16H2,1-4H3. The molecule has 1 saturated heterocycles. The maximum absolute atomic E-state index is 14.0. The Labute approximate surface area is 205 Å². The van der Waals surface area contributed by atoms with Crippen LogP contribution >= 0.6 is 0 Å². The molecular formula is C25H31FN2O6S. The highest BCUT2D eigenvalue weighted by molar-refractivity contribution is 7.89. The molecule has 0 bridgehead atoms. The molecule has 2 aromatic rings. The lowest BCUT2D eigenvalue weighted by molar-refractivity contribution is -0.150. The molecule has 35 heavy (non-hydrogen) atoms. The van der Waals surface area contributed by atoms with Crippen LogP contribution in [0.5, 0.6) is 5.75 Å². The smallest absolute Gasteiger partial charge is 0.328 e. The normalized spacial score (nSPS) is 18.4. The zero-order valence-electron chi connectivity index (χ0n) is 20.3. The Hall–Kier alpha value is -2.98. The van der Waals surface area contributed by atoms with Crippen molar-refractivity contribution in [1.29, 1.82) is 0 Å². The van der Waals surface area contributed by atoms with Crippen LogP contribution in [0.3, 0.4) is 0 Å². The molecule has 10 heteroatoms. The average Bonchev–Trinajstić information content (AvgIpc) is 3.23. The summed E-state index contributed by atoms with van der Waals surface area (Å²) in [7, 11) is -2.59. The Bertz CT molecular complexity index is 1160. The van der Waals surface area contributed by atoms with E-state index in [-0.39, 0.29) is 42.0 Å². The molecule has 1 N–H and O–H groups in total. The first-order chi connectivity index (χ1) is 16.4. The molecule has 0 radical (unpaired) electrons. The minimum atomic E-state index is -3.81. The third-order valence-corrected chi connectivity index (χ3v) is 7.33. The van der Waals surface area contributed by atoms with E-state index in [0.29, 0.717) is 0 Å². The molecule has 2 atom stereocenters. The van der Waals surface area contributed by atoms with Crippen LogP contribution in [-0.2, 0) is 29.8 Å². The second-order valence-electron chi connectivity index (χ2n) is 9.41. The summed E-state index contributed by atoms with van der Waals surface area (Å²) in [6.45, 7) is 6.00. The number of halogens is 1. The van der Waals surface area contributed by atoms with Gasteiger partial charge in [0, 0.05) is 19.4 Å². The Morgan fingerprint density at radius 2 is 1.77 bits per heavy atom. The number of nitrogens with one attached hydrogen (secondary N) is 1. The minimum absolute atomic E-state index is 0.0284. The molecule has 3 rings (SSSR count). The van der Waals surface area contributed by atoms with Crippen LogP contribution in [0.15, 0.2) is 53.4 Å². The Morgan fingerprint density at radius 1 is 1.11 bits per heavy atom. The molecule has 2 aromatic carbocycles. The van der Waals surface area contributed by atoms with Crippen molar-refractivity contribution in [3.8, 4) is 5.75 Å². The topological polar surface area (TPSA) is 102 Å². The van der Waals surface area contributed by atoms with E-state index < -0.39 is 39.9 Å². The van der Waals surface area contributed by atoms with Gasteiger partial charge in [-0.2, -0.15) is 0 Å². The summed E-state index contributed by atoms with van der Waals surface area (Å²) in [4.78, 5) is 26.5. The molecule has 190 valence electrons. The van der Waals surface area contributed by atoms with Crippen LogP contribution in [0.2, 0.25) is 0 Å². The van der Waals surface area contributed by atoms with E-state index in [0.717, 1.165) is 5.56 Å². The largest absolute Gasteiger partial charge is 0.485 e. The lowest BCUT2D eigenvalue weighted by atomic mass is 9.87. The molecule has 8 nitrogen and oxygen atoms in total. The molecule has 2 unspecified atom stereocenters. The highest BCUT2D eigenvalue weighted by Gasteiger charge is 2.41. The Morgan fingerprint density at radius 3 is 2.37 bits per heavy atom. The molecule has 0 aliphatic carbocycles. The summed E-state index contributed by atoms with van der Waals surface area (Å²) >= 11 is 0. The third-order valence-electron chi connectivity index (χ3n) is 5.85. The number of esters is 1. The molecular weight excluding hydrogens is 475 g/mol. The average molecular weight is 507 g/mol. The number of para-hydroxylation sites is 1. The first kappa shape index (κ1) is 26.6. The monoisotopic (exact) mass is 506 g/mol. The summed E-state index contributed by atoms with van der Waals surface area (Å²) < 4.78 is 52.1. The third kappa shape index (κ3) is 6.58. The Kier molecular flexibility index (Phi) is 8.17. The van der Waals surface area contributed by atoms with Crippen molar-refractivity contribution in [2.75, 3.05) is 20.2 Å². The van der Waals surface area contributed by atoms with Crippen LogP contribution in [0, 0.1) is 5.82 Å². The van der Waals surface area contributed by atoms with E-state index in [2.05, 4.69) is 4.72 Å². The van der Waals surface area contributed by atoms with Gasteiger partial charge in [0.1, 0.15) is 12.1 Å². The lowest BCUT2D eigenvalue weighted by Gasteiger charge is -2.22. The van der Waals surface area contributed by atoms with Gasteiger partial charge < -0.3 is 14.4 Å². The number of ether oxygens (including phenoxy) is 2. The van der Waals surface area contributed by atoms with Gasteiger partial charge in [-0.15, -0.1) is 0 Å². The van der Waals surface area contributed by atoms with Crippen molar-refractivity contribution in [2.24, 2.45) is 0 Å². The summed E-state index contributed by atoms with van der Waals surface area (Å²) in [6, 6.07) is 11.6. The Balaban J connectivity index is 1.62. The highest BCUT2D eigenvalue weighted by Crippen LogP contribution is 2.26. The van der Waals surface area contributed by atoms with Crippen molar-refractivity contribution in [3.63, 3.8) is 0 Å². The van der Waals surface area contributed by atoms with Gasteiger partial charge in [-0.1, -0.05) is 45.0 Å². The fourth-order valence-corrected chi connectivity index (χ4v) is 4.92. The van der Waals surface area contributed by atoms with Crippen molar-refractivity contribution < 1.29 is 31.9 Å². The van der Waals surface area contributed by atoms with Crippen molar-refractivity contribution in [1.82, 2.24) is 9.62 Å². The zero-order valence-corrected chi connectivity index (χ0v) is 21.1. The van der Waals surface area contributed by atoms with Gasteiger partial charge in [-0.05, 0) is 35.2 Å². The highest BCUT2D eigenvalue weighted by atomic mass is 32.2. The van der Waals surface area contributed by atoms with Crippen molar-refractivity contribution in [2.45, 2.75) is 56.1 Å². The van der Waals surface area contributed by atoms with Gasteiger partial charge in [0.05, 0.1) is 18.6 Å². The molecule has 0 spiro atoms. The zero-order chi connectivity index (χ0) is 25.8. The van der Waals surface area contributed by atoms with E-state index in [9.17, 15) is 22.4 Å². The van der Waals surface area contributed by atoms with Gasteiger partial charge in [0.25, 0.3) is 0 Å². The molecule has 0 aromatic heterocycles. The van der Waals surface area contributed by atoms with Gasteiger partial charge in [0.15, 0.2) is 11.6 Å². The van der Waals surface area contributed by atoms with Gasteiger partial charge in [-0.25, -0.2) is 22.3 Å². The molecule has 1 aliphatic heterocycles. The van der Waals surface area contributed by atoms with Crippen LogP contribution in [0.25, 0.3) is 0 Å². The first-order valence-electron chi connectivity index (χ1n) is 11.3. The van der Waals surface area contributed by atoms with Gasteiger partial charge in [0.2, 0.25) is 15.9 Å². The number of nitrogens with zero attached hydrogens (tertiary/aromatic N) is 1. The summed E-state index contributed by atoms with van der Waals surface area (Å²) in [6.07, 6.45) is -0.643. The fourth-order valence-electron chi connectivity index (χ4n) is 3.89. The fraction of sp³-hybridized carbons (Fsp3) is 0.440. The number of carbonyl (C=O) groups excluding carboxylic acids is 2. The van der Waals surface area contributed by atoms with E-state index in [1.165, 1.54) is 42.3 Å². The first-order valence-corrected chi connectivity index (χ1v) is 12.8. The summed E-state index contributed by atoms with van der Waals surface area (Å²) in [5, 5.41) is 0. The molecule has 1 aliphatic rings. The summed E-state index contributed by atoms with van der Waals surface area (Å²) in [5.41, 5.74) is 0.892. The maximum atomic E-state index is 14.0. The molecule has 1 heterocycles. The summed E-state index contributed by atoms with van der Waals surface area (Å²) in [5.74, 6) is -1.57. The van der Waals surface area contributed by atoms with E-state index in [4.69, 9.17) is 9.47 Å². The van der Waals surface area contributed by atoms with Gasteiger partial charge >= 0.3 is 5.97 Å². The molecule has 0 saturated carbocycles. The number of hydrogen-bond acceptors (Lipinski definition) is 6. The lowest BCUT2D eigenvalue weighted by Crippen LogP contribution is -2.42. The van der Waals surface area contributed by atoms with Crippen molar-refractivity contribution in [3.05, 3.63) is 59.9 Å². The minimum Gasteiger partial charge on any atom is -0.485 e. The van der Waals surface area contributed by atoms with Crippen LogP contribution < -0.4 is 9.46 Å². The van der Waals surface area contributed by atoms with E-state index >= 15 is 0 Å². The van der Waals surface area contributed by atoms with E-state index in [1.54, 1.807) is 18.2 Å². The maximum Gasteiger partial charge on any atom is 0.328 e. The number of methoxy groups -OCH3 is 1. The number of likely N-dealkylation sites (tertiary alicyclic amines) is 1.